The molecule has 2 heterocycles. The highest BCUT2D eigenvalue weighted by molar-refractivity contribution is 7.91. The van der Waals surface area contributed by atoms with Crippen molar-refractivity contribution in [2.24, 2.45) is 0 Å². The highest BCUT2D eigenvalue weighted by Crippen LogP contribution is 2.20. The van der Waals surface area contributed by atoms with Gasteiger partial charge in [-0.05, 0) is 13.8 Å². The summed E-state index contributed by atoms with van der Waals surface area (Å²) in [5, 5.41) is 19.6. The van der Waals surface area contributed by atoms with Crippen LogP contribution in [0.4, 0.5) is 0 Å². The molecule has 112 valence electrons. The molecule has 0 radical (unpaired) electrons. The Morgan fingerprint density at radius 2 is 1.74 bits per heavy atom. The first-order valence-electron chi connectivity index (χ1n) is 6.74. The van der Waals surface area contributed by atoms with Crippen LogP contribution in [0.25, 0.3) is 0 Å². The summed E-state index contributed by atoms with van der Waals surface area (Å²) in [4.78, 5) is 4.24. The quantitative estimate of drug-likeness (QED) is 0.661. The van der Waals surface area contributed by atoms with Crippen LogP contribution >= 0.6 is 0 Å². The number of sulfone groups is 1. The summed E-state index contributed by atoms with van der Waals surface area (Å²) in [5.41, 5.74) is -0.710. The molecule has 0 aromatic carbocycles. The number of aliphatic hydroxyl groups excluding tert-OH is 1. The van der Waals surface area contributed by atoms with Crippen LogP contribution in [-0.4, -0.2) is 90.4 Å². The van der Waals surface area contributed by atoms with Gasteiger partial charge in [-0.15, -0.1) is 0 Å². The molecule has 2 aliphatic heterocycles. The lowest BCUT2D eigenvalue weighted by molar-refractivity contribution is 0.0000725. The van der Waals surface area contributed by atoms with E-state index in [1.807, 2.05) is 0 Å². The zero-order valence-corrected chi connectivity index (χ0v) is 12.4. The van der Waals surface area contributed by atoms with Gasteiger partial charge in [0.1, 0.15) is 0 Å². The molecule has 2 N–H and O–H groups in total. The first-order valence-corrected chi connectivity index (χ1v) is 8.56. The van der Waals surface area contributed by atoms with Crippen LogP contribution in [0.15, 0.2) is 0 Å². The highest BCUT2D eigenvalue weighted by atomic mass is 32.2. The molecular weight excluding hydrogens is 268 g/mol. The normalized spacial score (nSPS) is 33.7. The van der Waals surface area contributed by atoms with Crippen molar-refractivity contribution in [2.75, 3.05) is 44.2 Å². The summed E-state index contributed by atoms with van der Waals surface area (Å²) in [6.07, 6.45) is -0.758. The molecule has 0 aromatic rings. The number of piperazine rings is 1. The van der Waals surface area contributed by atoms with Gasteiger partial charge < -0.3 is 10.2 Å². The first kappa shape index (κ1) is 15.2. The molecule has 2 rings (SSSR count). The topological polar surface area (TPSA) is 81.1 Å². The van der Waals surface area contributed by atoms with Crippen LogP contribution in [0.1, 0.15) is 13.8 Å². The van der Waals surface area contributed by atoms with E-state index in [-0.39, 0.29) is 17.5 Å². The van der Waals surface area contributed by atoms with Crippen molar-refractivity contribution >= 4 is 9.84 Å². The molecule has 0 bridgehead atoms. The molecule has 2 aliphatic rings. The minimum absolute atomic E-state index is 0.0691. The molecule has 2 saturated heterocycles. The van der Waals surface area contributed by atoms with Gasteiger partial charge in [-0.25, -0.2) is 8.42 Å². The standard InChI is InChI=1S/C12H24N2O4S/c1-12(2,16)9-13-3-5-14(6-4-13)10-7-19(17,18)8-11(10)15/h10-11,15-16H,3-9H2,1-2H3. The van der Waals surface area contributed by atoms with Crippen LogP contribution in [0.2, 0.25) is 0 Å². The third-order valence-electron chi connectivity index (χ3n) is 3.78. The van der Waals surface area contributed by atoms with Crippen LogP contribution in [0.3, 0.4) is 0 Å². The third kappa shape index (κ3) is 4.13. The fourth-order valence-electron chi connectivity index (χ4n) is 2.96. The second kappa shape index (κ2) is 5.29. The van der Waals surface area contributed by atoms with Gasteiger partial charge in [0.05, 0.1) is 29.3 Å². The van der Waals surface area contributed by atoms with Gasteiger partial charge in [-0.1, -0.05) is 0 Å². The Hall–Kier alpha value is -0.210. The van der Waals surface area contributed by atoms with E-state index < -0.39 is 21.5 Å². The van der Waals surface area contributed by atoms with Crippen molar-refractivity contribution in [1.82, 2.24) is 9.80 Å². The maximum atomic E-state index is 11.5. The van der Waals surface area contributed by atoms with Gasteiger partial charge in [0.15, 0.2) is 9.84 Å². The lowest BCUT2D eigenvalue weighted by Crippen LogP contribution is -2.55. The van der Waals surface area contributed by atoms with Crippen LogP contribution in [-0.2, 0) is 9.84 Å². The average Bonchev–Trinajstić information content (AvgIpc) is 2.51. The molecule has 6 nitrogen and oxygen atoms in total. The Morgan fingerprint density at radius 1 is 1.16 bits per heavy atom. The monoisotopic (exact) mass is 292 g/mol. The Kier molecular flexibility index (Phi) is 4.23. The van der Waals surface area contributed by atoms with E-state index in [1.54, 1.807) is 13.8 Å². The maximum absolute atomic E-state index is 11.5. The van der Waals surface area contributed by atoms with E-state index in [1.165, 1.54) is 0 Å². The van der Waals surface area contributed by atoms with Crippen molar-refractivity contribution in [3.05, 3.63) is 0 Å². The molecule has 0 aliphatic carbocycles. The minimum Gasteiger partial charge on any atom is -0.390 e. The Balaban J connectivity index is 1.87. The van der Waals surface area contributed by atoms with Gasteiger partial charge in [0.25, 0.3) is 0 Å². The smallest absolute Gasteiger partial charge is 0.154 e. The van der Waals surface area contributed by atoms with E-state index in [2.05, 4.69) is 9.80 Å². The Bertz CT molecular complexity index is 410. The minimum atomic E-state index is -3.08. The van der Waals surface area contributed by atoms with Crippen LogP contribution < -0.4 is 0 Å². The van der Waals surface area contributed by atoms with Gasteiger partial charge in [-0.2, -0.15) is 0 Å². The maximum Gasteiger partial charge on any atom is 0.154 e. The summed E-state index contributed by atoms with van der Waals surface area (Å²) >= 11 is 0. The molecule has 0 amide bonds. The van der Waals surface area contributed by atoms with Gasteiger partial charge in [-0.3, -0.25) is 9.80 Å². The van der Waals surface area contributed by atoms with Crippen molar-refractivity contribution in [1.29, 1.82) is 0 Å². The van der Waals surface area contributed by atoms with Gasteiger partial charge in [0, 0.05) is 32.7 Å². The molecule has 0 spiro atoms. The van der Waals surface area contributed by atoms with Crippen LogP contribution in [0.5, 0.6) is 0 Å². The lowest BCUT2D eigenvalue weighted by atomic mass is 10.1. The van der Waals surface area contributed by atoms with Crippen molar-refractivity contribution < 1.29 is 18.6 Å². The third-order valence-corrected chi connectivity index (χ3v) is 5.48. The molecule has 19 heavy (non-hydrogen) atoms. The van der Waals surface area contributed by atoms with E-state index >= 15 is 0 Å². The van der Waals surface area contributed by atoms with E-state index in [0.29, 0.717) is 6.54 Å². The summed E-state index contributed by atoms with van der Waals surface area (Å²) < 4.78 is 23.0. The molecule has 2 atom stereocenters. The fraction of sp³-hybridized carbons (Fsp3) is 1.00. The average molecular weight is 292 g/mol. The second-order valence-corrected chi connectivity index (χ2v) is 8.49. The zero-order valence-electron chi connectivity index (χ0n) is 11.6. The number of rotatable bonds is 3. The Labute approximate surface area is 114 Å². The second-order valence-electron chi connectivity index (χ2n) is 6.34. The molecule has 2 fully saturated rings. The number of nitrogens with zero attached hydrogens (tertiary/aromatic N) is 2. The van der Waals surface area contributed by atoms with E-state index in [4.69, 9.17) is 0 Å². The highest BCUT2D eigenvalue weighted by Gasteiger charge is 2.40. The van der Waals surface area contributed by atoms with Gasteiger partial charge >= 0.3 is 0 Å². The van der Waals surface area contributed by atoms with Crippen molar-refractivity contribution in [3.8, 4) is 0 Å². The fourth-order valence-corrected chi connectivity index (χ4v) is 4.79. The summed E-state index contributed by atoms with van der Waals surface area (Å²) in [6.45, 7) is 7.27. The zero-order chi connectivity index (χ0) is 14.3. The molecule has 2 unspecified atom stereocenters. The predicted molar refractivity (Wildman–Crippen MR) is 72.8 cm³/mol. The predicted octanol–water partition coefficient (Wildman–Crippen LogP) is -1.47. The summed E-state index contributed by atoms with van der Waals surface area (Å²) in [7, 11) is -3.08. The van der Waals surface area contributed by atoms with E-state index in [0.717, 1.165) is 26.2 Å². The van der Waals surface area contributed by atoms with E-state index in [9.17, 15) is 18.6 Å². The first-order chi connectivity index (χ1) is 8.66. The van der Waals surface area contributed by atoms with Crippen LogP contribution in [0, 0.1) is 0 Å². The van der Waals surface area contributed by atoms with Crippen molar-refractivity contribution in [3.63, 3.8) is 0 Å². The summed E-state index contributed by atoms with van der Waals surface area (Å²) in [6, 6.07) is -0.255. The van der Waals surface area contributed by atoms with Crippen molar-refractivity contribution in [2.45, 2.75) is 31.6 Å². The lowest BCUT2D eigenvalue weighted by Gasteiger charge is -2.40. The largest absolute Gasteiger partial charge is 0.390 e. The molecular formula is C12H24N2O4S. The number of hydrogen-bond donors (Lipinski definition) is 2. The molecule has 0 aromatic heterocycles. The summed E-state index contributed by atoms with van der Waals surface area (Å²) in [5.74, 6) is -0.0405. The number of β-amino-alcohol motifs (C(OH)–C–C–N with tert-alkyl or cyclic N) is 1. The van der Waals surface area contributed by atoms with Gasteiger partial charge in [0.2, 0.25) is 0 Å². The number of hydrogen-bond acceptors (Lipinski definition) is 6. The SMILES string of the molecule is CC(C)(O)CN1CCN(C2CS(=O)(=O)CC2O)CC1. The Morgan fingerprint density at radius 3 is 2.16 bits per heavy atom. The number of aliphatic hydroxyl groups is 2. The molecule has 7 heteroatoms. The molecule has 0 saturated carbocycles.